The lowest BCUT2D eigenvalue weighted by atomic mass is 9.88. The van der Waals surface area contributed by atoms with E-state index in [4.69, 9.17) is 9.72 Å². The Morgan fingerprint density at radius 1 is 0.952 bits per heavy atom. The van der Waals surface area contributed by atoms with Crippen molar-refractivity contribution >= 4 is 5.97 Å². The number of rotatable bonds is 13. The second kappa shape index (κ2) is 14.3. The summed E-state index contributed by atoms with van der Waals surface area (Å²) in [5, 5.41) is 9.62. The third-order valence-corrected chi connectivity index (χ3v) is 8.40. The fourth-order valence-corrected chi connectivity index (χ4v) is 6.24. The molecular formula is C36H43N3O3. The number of aromatic nitrogens is 2. The maximum absolute atomic E-state index is 11.7. The number of carboxylic acid groups (broad SMARTS) is 1. The molecule has 0 bridgehead atoms. The molecule has 1 aromatic heterocycles. The first kappa shape index (κ1) is 29.6. The van der Waals surface area contributed by atoms with E-state index >= 15 is 0 Å². The Hall–Kier alpha value is -3.90. The van der Waals surface area contributed by atoms with Crippen molar-refractivity contribution in [3.8, 4) is 28.4 Å². The van der Waals surface area contributed by atoms with Crippen molar-refractivity contribution in [3.63, 3.8) is 0 Å². The van der Waals surface area contributed by atoms with Crippen LogP contribution >= 0.6 is 0 Å². The van der Waals surface area contributed by atoms with Gasteiger partial charge < -0.3 is 14.4 Å². The molecule has 6 heteroatoms. The zero-order valence-electron chi connectivity index (χ0n) is 25.0. The fraction of sp³-hybridized carbons (Fsp3) is 0.389. The van der Waals surface area contributed by atoms with E-state index in [9.17, 15) is 9.90 Å². The minimum atomic E-state index is -0.974. The van der Waals surface area contributed by atoms with Crippen molar-refractivity contribution < 1.29 is 14.6 Å². The van der Waals surface area contributed by atoms with Gasteiger partial charge in [-0.1, -0.05) is 99.3 Å². The molecule has 1 aliphatic rings. The molecule has 5 rings (SSSR count). The Balaban J connectivity index is 1.57. The Morgan fingerprint density at radius 2 is 1.64 bits per heavy atom. The fourth-order valence-electron chi connectivity index (χ4n) is 6.24. The van der Waals surface area contributed by atoms with Gasteiger partial charge in [-0.05, 0) is 42.9 Å². The maximum Gasteiger partial charge on any atom is 0.339 e. The van der Waals surface area contributed by atoms with Crippen molar-refractivity contribution in [3.05, 3.63) is 95.7 Å². The van der Waals surface area contributed by atoms with Gasteiger partial charge in [0.15, 0.2) is 0 Å². The lowest BCUT2D eigenvalue weighted by Gasteiger charge is -2.30. The summed E-state index contributed by atoms with van der Waals surface area (Å²) in [4.78, 5) is 19.6. The number of unbranched alkanes of at least 4 members (excludes halogenated alkanes) is 1. The Bertz CT molecular complexity index is 1440. The zero-order chi connectivity index (χ0) is 29.3. The van der Waals surface area contributed by atoms with Crippen LogP contribution in [0.3, 0.4) is 0 Å². The van der Waals surface area contributed by atoms with Crippen LogP contribution in [0, 0.1) is 5.92 Å². The van der Waals surface area contributed by atoms with E-state index in [0.29, 0.717) is 18.2 Å². The van der Waals surface area contributed by atoms with Gasteiger partial charge in [-0.2, -0.15) is 0 Å². The number of hydrogen-bond donors (Lipinski definition) is 1. The van der Waals surface area contributed by atoms with Gasteiger partial charge in [0.25, 0.3) is 0 Å². The van der Waals surface area contributed by atoms with Crippen molar-refractivity contribution in [2.75, 3.05) is 13.7 Å². The predicted octanol–water partition coefficient (Wildman–Crippen LogP) is 8.31. The van der Waals surface area contributed by atoms with Crippen LogP contribution in [-0.2, 0) is 19.6 Å². The standard InChI is InChI=1S/C36H43N3O3/c1-3-4-22-39-32(34(29-16-10-6-11-17-29)37-35(39)30-18-12-7-13-19-30)26-38(24-27-14-8-5-9-15-27)25-28-20-21-31(36(40)41)33(23-28)42-2/h6-7,10-13,16-21,23,27H,3-5,8-9,14-15,22,24-26H2,1-2H3,(H,40,41). The van der Waals surface area contributed by atoms with Crippen LogP contribution < -0.4 is 4.74 Å². The highest BCUT2D eigenvalue weighted by atomic mass is 16.5. The number of carboxylic acids is 1. The second-order valence-corrected chi connectivity index (χ2v) is 11.5. The molecule has 6 nitrogen and oxygen atoms in total. The first-order chi connectivity index (χ1) is 20.6. The summed E-state index contributed by atoms with van der Waals surface area (Å²) in [6.07, 6.45) is 8.61. The summed E-state index contributed by atoms with van der Waals surface area (Å²) in [6, 6.07) is 26.6. The molecule has 0 aliphatic heterocycles. The van der Waals surface area contributed by atoms with Gasteiger partial charge >= 0.3 is 5.97 Å². The second-order valence-electron chi connectivity index (χ2n) is 11.5. The highest BCUT2D eigenvalue weighted by molar-refractivity contribution is 5.91. The van der Waals surface area contributed by atoms with Crippen LogP contribution in [0.4, 0.5) is 0 Å². The number of hydrogen-bond acceptors (Lipinski definition) is 4. The molecule has 0 radical (unpaired) electrons. The van der Waals surface area contributed by atoms with E-state index in [1.807, 2.05) is 12.1 Å². The summed E-state index contributed by atoms with van der Waals surface area (Å²) in [6.45, 7) is 5.61. The van der Waals surface area contributed by atoms with Gasteiger partial charge in [0, 0.05) is 37.3 Å². The van der Waals surface area contributed by atoms with E-state index in [-0.39, 0.29) is 5.56 Å². The molecule has 0 saturated heterocycles. The normalized spacial score (nSPS) is 13.9. The smallest absolute Gasteiger partial charge is 0.339 e. The van der Waals surface area contributed by atoms with Crippen LogP contribution in [0.5, 0.6) is 5.75 Å². The van der Waals surface area contributed by atoms with Crippen LogP contribution in [0.15, 0.2) is 78.9 Å². The highest BCUT2D eigenvalue weighted by Gasteiger charge is 2.24. The quantitative estimate of drug-likeness (QED) is 0.177. The first-order valence-electron chi connectivity index (χ1n) is 15.4. The van der Waals surface area contributed by atoms with Crippen molar-refractivity contribution in [2.24, 2.45) is 5.92 Å². The Labute approximate surface area is 250 Å². The number of methoxy groups -OCH3 is 1. The van der Waals surface area contributed by atoms with Crippen molar-refractivity contribution in [2.45, 2.75) is 71.5 Å². The summed E-state index contributed by atoms with van der Waals surface area (Å²) < 4.78 is 7.92. The summed E-state index contributed by atoms with van der Waals surface area (Å²) in [7, 11) is 1.54. The summed E-state index contributed by atoms with van der Waals surface area (Å²) in [5.41, 5.74) is 5.78. The molecule has 1 N–H and O–H groups in total. The highest BCUT2D eigenvalue weighted by Crippen LogP contribution is 2.33. The largest absolute Gasteiger partial charge is 0.496 e. The molecule has 220 valence electrons. The molecule has 4 aromatic rings. The van der Waals surface area contributed by atoms with Crippen molar-refractivity contribution in [1.29, 1.82) is 0 Å². The van der Waals surface area contributed by atoms with Gasteiger partial charge in [0.05, 0.1) is 18.5 Å². The van der Waals surface area contributed by atoms with Crippen LogP contribution in [0.1, 0.15) is 73.5 Å². The monoisotopic (exact) mass is 565 g/mol. The first-order valence-corrected chi connectivity index (χ1v) is 15.4. The minimum Gasteiger partial charge on any atom is -0.496 e. The average Bonchev–Trinajstić information content (AvgIpc) is 3.38. The lowest BCUT2D eigenvalue weighted by Crippen LogP contribution is -2.31. The van der Waals surface area contributed by atoms with Gasteiger partial charge in [0.2, 0.25) is 0 Å². The summed E-state index contributed by atoms with van der Waals surface area (Å²) >= 11 is 0. The zero-order valence-corrected chi connectivity index (χ0v) is 25.0. The molecule has 0 atom stereocenters. The molecule has 1 saturated carbocycles. The minimum absolute atomic E-state index is 0.191. The molecule has 1 heterocycles. The van der Waals surface area contributed by atoms with E-state index in [0.717, 1.165) is 60.7 Å². The van der Waals surface area contributed by atoms with Gasteiger partial charge in [0.1, 0.15) is 17.1 Å². The van der Waals surface area contributed by atoms with Crippen LogP contribution in [-0.4, -0.2) is 39.2 Å². The molecule has 0 unspecified atom stereocenters. The van der Waals surface area contributed by atoms with E-state index in [1.165, 1.54) is 44.9 Å². The number of aromatic carboxylic acids is 1. The Kier molecular flexibility index (Phi) is 10.1. The molecular weight excluding hydrogens is 522 g/mol. The van der Waals surface area contributed by atoms with Crippen LogP contribution in [0.25, 0.3) is 22.6 Å². The SMILES string of the molecule is CCCCn1c(-c2ccccc2)nc(-c2ccccc2)c1CN(Cc1ccc(C(=O)O)c(OC)c1)CC1CCCCC1. The van der Waals surface area contributed by atoms with E-state index in [1.54, 1.807) is 6.07 Å². The van der Waals surface area contributed by atoms with Crippen LogP contribution in [0.2, 0.25) is 0 Å². The molecule has 42 heavy (non-hydrogen) atoms. The van der Waals surface area contributed by atoms with Gasteiger partial charge in [-0.15, -0.1) is 0 Å². The average molecular weight is 566 g/mol. The van der Waals surface area contributed by atoms with E-state index in [2.05, 4.69) is 77.1 Å². The van der Waals surface area contributed by atoms with Gasteiger partial charge in [-0.25, -0.2) is 9.78 Å². The number of imidazole rings is 1. The predicted molar refractivity (Wildman–Crippen MR) is 169 cm³/mol. The molecule has 1 aliphatic carbocycles. The molecule has 1 fully saturated rings. The molecule has 3 aromatic carbocycles. The third-order valence-electron chi connectivity index (χ3n) is 8.40. The number of nitrogens with zero attached hydrogens (tertiary/aromatic N) is 3. The Morgan fingerprint density at radius 3 is 2.29 bits per heavy atom. The third kappa shape index (κ3) is 7.11. The summed E-state index contributed by atoms with van der Waals surface area (Å²) in [5.74, 6) is 1.10. The number of carbonyl (C=O) groups is 1. The van der Waals surface area contributed by atoms with Gasteiger partial charge in [-0.3, -0.25) is 4.90 Å². The number of ether oxygens (including phenoxy) is 1. The molecule has 0 amide bonds. The lowest BCUT2D eigenvalue weighted by molar-refractivity contribution is 0.0693. The van der Waals surface area contributed by atoms with E-state index < -0.39 is 5.97 Å². The maximum atomic E-state index is 11.7. The number of benzene rings is 3. The molecule has 0 spiro atoms. The topological polar surface area (TPSA) is 67.6 Å². The van der Waals surface area contributed by atoms with Crippen molar-refractivity contribution in [1.82, 2.24) is 14.5 Å².